The van der Waals surface area contributed by atoms with Gasteiger partial charge in [-0.3, -0.25) is 9.78 Å². The van der Waals surface area contributed by atoms with Crippen LogP contribution in [0.15, 0.2) is 67.0 Å². The molecule has 6 heteroatoms. The molecule has 0 saturated carbocycles. The number of halogens is 1. The fourth-order valence-corrected chi connectivity index (χ4v) is 3.48. The summed E-state index contributed by atoms with van der Waals surface area (Å²) in [5.74, 6) is 1.23. The Hall–Kier alpha value is -3.05. The lowest BCUT2D eigenvalue weighted by molar-refractivity contribution is -0.127. The average Bonchev–Trinajstić information content (AvgIpc) is 3.14. The summed E-state index contributed by atoms with van der Waals surface area (Å²) in [6, 6.07) is 17.1. The summed E-state index contributed by atoms with van der Waals surface area (Å²) in [6.45, 7) is 2.12. The van der Waals surface area contributed by atoms with Gasteiger partial charge in [0.2, 0.25) is 0 Å². The first-order chi connectivity index (χ1) is 14.1. The molecule has 148 valence electrons. The number of fused-ring (bicyclic) bond motifs is 1. The summed E-state index contributed by atoms with van der Waals surface area (Å²) in [4.78, 5) is 16.5. The minimum absolute atomic E-state index is 0.100. The Labute approximate surface area is 174 Å². The number of aromatic nitrogens is 1. The van der Waals surface area contributed by atoms with E-state index in [-0.39, 0.29) is 12.0 Å². The topological polar surface area (TPSA) is 60.5 Å². The third-order valence-electron chi connectivity index (χ3n) is 4.78. The van der Waals surface area contributed by atoms with Gasteiger partial charge in [-0.15, -0.1) is 0 Å². The molecule has 0 saturated heterocycles. The number of pyridine rings is 1. The van der Waals surface area contributed by atoms with E-state index in [2.05, 4.69) is 16.4 Å². The number of hydrogen-bond acceptors (Lipinski definition) is 4. The quantitative estimate of drug-likeness (QED) is 0.661. The van der Waals surface area contributed by atoms with E-state index >= 15 is 0 Å². The number of amides is 1. The van der Waals surface area contributed by atoms with Crippen LogP contribution in [0, 0.1) is 0 Å². The predicted molar refractivity (Wildman–Crippen MR) is 112 cm³/mol. The van der Waals surface area contributed by atoms with Crippen molar-refractivity contribution in [2.45, 2.75) is 25.6 Å². The molecule has 2 aromatic carbocycles. The number of benzene rings is 2. The number of rotatable bonds is 6. The Bertz CT molecular complexity index is 1010. The van der Waals surface area contributed by atoms with Crippen molar-refractivity contribution in [3.05, 3.63) is 77.6 Å². The van der Waals surface area contributed by atoms with Crippen LogP contribution in [0.1, 0.15) is 12.5 Å². The van der Waals surface area contributed by atoms with Gasteiger partial charge in [0, 0.05) is 29.4 Å². The smallest absolute Gasteiger partial charge is 0.260 e. The van der Waals surface area contributed by atoms with Crippen molar-refractivity contribution < 1.29 is 14.3 Å². The van der Waals surface area contributed by atoms with Crippen molar-refractivity contribution >= 4 is 17.5 Å². The molecule has 0 fully saturated rings. The molecule has 3 aromatic rings. The van der Waals surface area contributed by atoms with Crippen molar-refractivity contribution in [2.75, 3.05) is 6.54 Å². The average molecular weight is 409 g/mol. The number of nitrogens with one attached hydrogen (secondary N) is 1. The van der Waals surface area contributed by atoms with Gasteiger partial charge in [-0.1, -0.05) is 29.8 Å². The van der Waals surface area contributed by atoms with E-state index < -0.39 is 6.10 Å². The van der Waals surface area contributed by atoms with Crippen LogP contribution in [0.2, 0.25) is 5.02 Å². The van der Waals surface area contributed by atoms with Gasteiger partial charge in [0.25, 0.3) is 5.91 Å². The summed E-state index contributed by atoms with van der Waals surface area (Å²) in [6.07, 6.45) is 3.62. The first kappa shape index (κ1) is 19.3. The standard InChI is InChI=1S/C23H21ClN2O3/c1-15(28-20-6-2-5-19(24)12-20)23(27)26-14-21-11-18-10-16(7-8-22(18)29-21)17-4-3-9-25-13-17/h2-10,12-13,15,21H,11,14H2,1H3,(H,26,27)/t15-,21-/m0/s1. The summed E-state index contributed by atoms with van der Waals surface area (Å²) in [5.41, 5.74) is 3.31. The van der Waals surface area contributed by atoms with Gasteiger partial charge < -0.3 is 14.8 Å². The first-order valence-electron chi connectivity index (χ1n) is 9.48. The molecule has 1 aliphatic heterocycles. The number of ether oxygens (including phenoxy) is 2. The van der Waals surface area contributed by atoms with Crippen molar-refractivity contribution in [2.24, 2.45) is 0 Å². The largest absolute Gasteiger partial charge is 0.488 e. The lowest BCUT2D eigenvalue weighted by atomic mass is 10.0. The molecular weight excluding hydrogens is 388 g/mol. The highest BCUT2D eigenvalue weighted by Gasteiger charge is 2.25. The lowest BCUT2D eigenvalue weighted by Gasteiger charge is -2.17. The van der Waals surface area contributed by atoms with E-state index in [0.717, 1.165) is 28.9 Å². The number of carbonyl (C=O) groups is 1. The molecule has 4 rings (SSSR count). The number of hydrogen-bond donors (Lipinski definition) is 1. The van der Waals surface area contributed by atoms with Gasteiger partial charge in [-0.25, -0.2) is 0 Å². The second-order valence-electron chi connectivity index (χ2n) is 6.97. The van der Waals surface area contributed by atoms with Crippen molar-refractivity contribution in [3.8, 4) is 22.6 Å². The summed E-state index contributed by atoms with van der Waals surface area (Å²) < 4.78 is 11.6. The van der Waals surface area contributed by atoms with E-state index in [1.807, 2.05) is 30.5 Å². The van der Waals surface area contributed by atoms with E-state index in [1.165, 1.54) is 0 Å². The lowest BCUT2D eigenvalue weighted by Crippen LogP contribution is -2.41. The molecule has 0 bridgehead atoms. The van der Waals surface area contributed by atoms with E-state index in [0.29, 0.717) is 17.3 Å². The maximum absolute atomic E-state index is 12.4. The number of nitrogens with zero attached hydrogens (tertiary/aromatic N) is 1. The Morgan fingerprint density at radius 3 is 2.93 bits per heavy atom. The van der Waals surface area contributed by atoms with Crippen LogP contribution in [0.5, 0.6) is 11.5 Å². The molecule has 0 unspecified atom stereocenters. The molecule has 0 radical (unpaired) electrons. The van der Waals surface area contributed by atoms with Crippen LogP contribution >= 0.6 is 11.6 Å². The molecule has 0 spiro atoms. The molecule has 5 nitrogen and oxygen atoms in total. The monoisotopic (exact) mass is 408 g/mol. The Morgan fingerprint density at radius 2 is 2.14 bits per heavy atom. The minimum atomic E-state index is -0.630. The zero-order valence-corrected chi connectivity index (χ0v) is 16.7. The third-order valence-corrected chi connectivity index (χ3v) is 5.01. The van der Waals surface area contributed by atoms with Crippen LogP contribution in [0.3, 0.4) is 0 Å². The molecule has 1 N–H and O–H groups in total. The fourth-order valence-electron chi connectivity index (χ4n) is 3.30. The van der Waals surface area contributed by atoms with Crippen LogP contribution in [-0.2, 0) is 11.2 Å². The highest BCUT2D eigenvalue weighted by atomic mass is 35.5. The van der Waals surface area contributed by atoms with Crippen LogP contribution in [-0.4, -0.2) is 29.6 Å². The molecule has 29 heavy (non-hydrogen) atoms. The van der Waals surface area contributed by atoms with Crippen molar-refractivity contribution in [1.82, 2.24) is 10.3 Å². The highest BCUT2D eigenvalue weighted by molar-refractivity contribution is 6.30. The summed E-state index contributed by atoms with van der Waals surface area (Å²) in [7, 11) is 0. The fraction of sp³-hybridized carbons (Fsp3) is 0.217. The third kappa shape index (κ3) is 4.69. The van der Waals surface area contributed by atoms with Crippen LogP contribution in [0.25, 0.3) is 11.1 Å². The zero-order chi connectivity index (χ0) is 20.2. The van der Waals surface area contributed by atoms with Gasteiger partial charge in [0.05, 0.1) is 6.54 Å². The SMILES string of the molecule is C[C@H](Oc1cccc(Cl)c1)C(=O)NC[C@@H]1Cc2cc(-c3cccnc3)ccc2O1. The molecule has 2 heterocycles. The normalized spacial score (nSPS) is 15.9. The summed E-state index contributed by atoms with van der Waals surface area (Å²) in [5, 5.41) is 3.48. The van der Waals surface area contributed by atoms with Crippen LogP contribution in [0.4, 0.5) is 0 Å². The van der Waals surface area contributed by atoms with Gasteiger partial charge in [-0.05, 0) is 54.4 Å². The van der Waals surface area contributed by atoms with Gasteiger partial charge in [0.1, 0.15) is 17.6 Å². The second kappa shape index (κ2) is 8.53. The Kier molecular flexibility index (Phi) is 5.67. The molecule has 1 aromatic heterocycles. The highest BCUT2D eigenvalue weighted by Crippen LogP contribution is 2.32. The van der Waals surface area contributed by atoms with E-state index in [4.69, 9.17) is 21.1 Å². The minimum Gasteiger partial charge on any atom is -0.488 e. The van der Waals surface area contributed by atoms with E-state index in [9.17, 15) is 4.79 Å². The predicted octanol–water partition coefficient (Wildman–Crippen LogP) is 4.29. The Morgan fingerprint density at radius 1 is 1.24 bits per heavy atom. The maximum Gasteiger partial charge on any atom is 0.260 e. The molecular formula is C23H21ClN2O3. The van der Waals surface area contributed by atoms with Gasteiger partial charge in [0.15, 0.2) is 6.10 Å². The van der Waals surface area contributed by atoms with Gasteiger partial charge >= 0.3 is 0 Å². The molecule has 1 amide bonds. The zero-order valence-electron chi connectivity index (χ0n) is 16.0. The maximum atomic E-state index is 12.4. The molecule has 2 atom stereocenters. The van der Waals surface area contributed by atoms with Crippen molar-refractivity contribution in [1.29, 1.82) is 0 Å². The summed E-state index contributed by atoms with van der Waals surface area (Å²) >= 11 is 5.95. The first-order valence-corrected chi connectivity index (χ1v) is 9.86. The second-order valence-corrected chi connectivity index (χ2v) is 7.41. The Balaban J connectivity index is 1.32. The van der Waals surface area contributed by atoms with Crippen LogP contribution < -0.4 is 14.8 Å². The molecule has 0 aliphatic carbocycles. The van der Waals surface area contributed by atoms with Crippen molar-refractivity contribution in [3.63, 3.8) is 0 Å². The molecule has 1 aliphatic rings. The van der Waals surface area contributed by atoms with Gasteiger partial charge in [-0.2, -0.15) is 0 Å². The number of carbonyl (C=O) groups excluding carboxylic acids is 1. The van der Waals surface area contributed by atoms with E-state index in [1.54, 1.807) is 37.4 Å².